The number of esters is 1. The van der Waals surface area contributed by atoms with Crippen LogP contribution in [0.4, 0.5) is 13.2 Å². The predicted molar refractivity (Wildman–Crippen MR) is 114 cm³/mol. The smallest absolute Gasteiger partial charge is 0.453 e. The summed E-state index contributed by atoms with van der Waals surface area (Å²) in [6.45, 7) is 1.41. The second-order valence-corrected chi connectivity index (χ2v) is 7.14. The number of ether oxygens (including phenoxy) is 3. The lowest BCUT2D eigenvalue weighted by atomic mass is 10.1. The summed E-state index contributed by atoms with van der Waals surface area (Å²) in [6.07, 6.45) is -6.02. The van der Waals surface area contributed by atoms with Gasteiger partial charge in [-0.1, -0.05) is 30.3 Å². The number of rotatable bonds is 5. The van der Waals surface area contributed by atoms with Gasteiger partial charge in [-0.3, -0.25) is 4.79 Å². The number of halogens is 3. The van der Waals surface area contributed by atoms with Gasteiger partial charge in [0.15, 0.2) is 6.10 Å². The Bertz CT molecular complexity index is 1410. The molecule has 4 rings (SSSR count). The summed E-state index contributed by atoms with van der Waals surface area (Å²) in [5.41, 5.74) is -1.36. The molecule has 0 saturated heterocycles. The molecule has 33 heavy (non-hydrogen) atoms. The van der Waals surface area contributed by atoms with Gasteiger partial charge in [0.05, 0.1) is 12.5 Å². The molecule has 0 amide bonds. The van der Waals surface area contributed by atoms with Gasteiger partial charge in [-0.05, 0) is 42.0 Å². The zero-order chi connectivity index (χ0) is 23.8. The molecule has 0 fully saturated rings. The van der Waals surface area contributed by atoms with E-state index in [9.17, 15) is 22.8 Å². The highest BCUT2D eigenvalue weighted by molar-refractivity contribution is 5.84. The van der Waals surface area contributed by atoms with E-state index in [1.807, 2.05) is 12.1 Å². The quantitative estimate of drug-likeness (QED) is 0.357. The van der Waals surface area contributed by atoms with Crippen molar-refractivity contribution in [2.45, 2.75) is 19.2 Å². The molecule has 0 N–H and O–H groups in total. The van der Waals surface area contributed by atoms with Crippen molar-refractivity contribution in [2.24, 2.45) is 0 Å². The van der Waals surface area contributed by atoms with E-state index < -0.39 is 35.2 Å². The van der Waals surface area contributed by atoms with Crippen LogP contribution in [0.25, 0.3) is 21.7 Å². The Hall–Kier alpha value is -4.01. The molecule has 1 aromatic heterocycles. The molecule has 0 unspecified atom stereocenters. The van der Waals surface area contributed by atoms with Gasteiger partial charge in [0.2, 0.25) is 11.2 Å². The molecule has 0 saturated carbocycles. The van der Waals surface area contributed by atoms with Crippen LogP contribution in [0, 0.1) is 0 Å². The molecule has 0 aliphatic rings. The fourth-order valence-electron chi connectivity index (χ4n) is 3.28. The van der Waals surface area contributed by atoms with Crippen molar-refractivity contribution in [3.8, 4) is 17.2 Å². The van der Waals surface area contributed by atoms with E-state index in [4.69, 9.17) is 13.9 Å². The van der Waals surface area contributed by atoms with E-state index in [1.54, 1.807) is 18.2 Å². The van der Waals surface area contributed by atoms with Crippen LogP contribution in [0.2, 0.25) is 0 Å². The van der Waals surface area contributed by atoms with Crippen molar-refractivity contribution in [3.05, 3.63) is 76.6 Å². The molecule has 0 aliphatic carbocycles. The summed E-state index contributed by atoms with van der Waals surface area (Å²) in [4.78, 5) is 24.5. The monoisotopic (exact) mass is 458 g/mol. The van der Waals surface area contributed by atoms with Crippen molar-refractivity contribution in [1.82, 2.24) is 0 Å². The van der Waals surface area contributed by atoms with Gasteiger partial charge in [-0.25, -0.2) is 4.79 Å². The van der Waals surface area contributed by atoms with Crippen LogP contribution in [0.1, 0.15) is 12.7 Å². The number of benzene rings is 3. The number of alkyl halides is 3. The maximum atomic E-state index is 13.8. The Balaban J connectivity index is 1.79. The second-order valence-electron chi connectivity index (χ2n) is 7.14. The fraction of sp³-hybridized carbons (Fsp3) is 0.167. The first kappa shape index (κ1) is 22.2. The SMILES string of the molecule is COC(=O)[C@H](C)Oc1ccc2c(=O)c(Oc3ccc4ccccc4c3)c(C(F)(F)F)oc2c1. The van der Waals surface area contributed by atoms with Gasteiger partial charge in [0.25, 0.3) is 5.76 Å². The lowest BCUT2D eigenvalue weighted by Crippen LogP contribution is -2.24. The van der Waals surface area contributed by atoms with Gasteiger partial charge in [-0.2, -0.15) is 13.2 Å². The van der Waals surface area contributed by atoms with Crippen molar-refractivity contribution in [2.75, 3.05) is 7.11 Å². The average molecular weight is 458 g/mol. The van der Waals surface area contributed by atoms with E-state index in [-0.39, 0.29) is 22.5 Å². The third-order valence-electron chi connectivity index (χ3n) is 4.87. The van der Waals surface area contributed by atoms with Crippen LogP contribution >= 0.6 is 0 Å². The zero-order valence-electron chi connectivity index (χ0n) is 17.4. The second kappa shape index (κ2) is 8.50. The molecule has 0 aliphatic heterocycles. The molecular formula is C24H17F3O6. The van der Waals surface area contributed by atoms with Crippen molar-refractivity contribution in [3.63, 3.8) is 0 Å². The molecule has 9 heteroatoms. The standard InChI is InChI=1S/C24H17F3O6/c1-13(23(29)30-2)31-17-9-10-18-19(12-17)33-22(24(25,26)27)21(20(18)28)32-16-8-7-14-5-3-4-6-15(14)11-16/h3-13H,1-2H3/t13-/m0/s1. The minimum atomic E-state index is -5.00. The molecule has 1 heterocycles. The van der Waals surface area contributed by atoms with Crippen molar-refractivity contribution in [1.29, 1.82) is 0 Å². The molecular weight excluding hydrogens is 441 g/mol. The van der Waals surface area contributed by atoms with E-state index >= 15 is 0 Å². The maximum Gasteiger partial charge on any atom is 0.453 e. The molecule has 0 spiro atoms. The van der Waals surface area contributed by atoms with Gasteiger partial charge < -0.3 is 18.6 Å². The third kappa shape index (κ3) is 4.48. The number of hydrogen-bond donors (Lipinski definition) is 0. The van der Waals surface area contributed by atoms with Crippen LogP contribution < -0.4 is 14.9 Å². The Labute approximate surface area is 185 Å². The first-order valence-electron chi connectivity index (χ1n) is 9.76. The summed E-state index contributed by atoms with van der Waals surface area (Å²) < 4.78 is 61.7. The normalized spacial score (nSPS) is 12.5. The Morgan fingerprint density at radius 2 is 1.67 bits per heavy atom. The zero-order valence-corrected chi connectivity index (χ0v) is 17.4. The maximum absolute atomic E-state index is 13.8. The summed E-state index contributed by atoms with van der Waals surface area (Å²) >= 11 is 0. The fourth-order valence-corrected chi connectivity index (χ4v) is 3.28. The van der Waals surface area contributed by atoms with Crippen LogP contribution in [-0.2, 0) is 15.7 Å². The van der Waals surface area contributed by atoms with E-state index in [1.165, 1.54) is 38.3 Å². The largest absolute Gasteiger partial charge is 0.479 e. The lowest BCUT2D eigenvalue weighted by molar-refractivity contribution is -0.154. The average Bonchev–Trinajstić information content (AvgIpc) is 2.79. The summed E-state index contributed by atoms with van der Waals surface area (Å²) in [6, 6.07) is 15.6. The van der Waals surface area contributed by atoms with Crippen LogP contribution in [0.15, 0.2) is 69.9 Å². The first-order valence-corrected chi connectivity index (χ1v) is 9.76. The minimum Gasteiger partial charge on any atom is -0.479 e. The van der Waals surface area contributed by atoms with Crippen LogP contribution in [0.3, 0.4) is 0 Å². The van der Waals surface area contributed by atoms with Gasteiger partial charge >= 0.3 is 12.1 Å². The number of carbonyl (C=O) groups is 1. The highest BCUT2D eigenvalue weighted by atomic mass is 19.4. The molecule has 0 radical (unpaired) electrons. The molecule has 170 valence electrons. The van der Waals surface area contributed by atoms with Crippen LogP contribution in [-0.4, -0.2) is 19.2 Å². The van der Waals surface area contributed by atoms with E-state index in [2.05, 4.69) is 4.74 Å². The van der Waals surface area contributed by atoms with E-state index in [0.717, 1.165) is 16.8 Å². The number of fused-ring (bicyclic) bond motifs is 2. The summed E-state index contributed by atoms with van der Waals surface area (Å²) in [5, 5.41) is 1.45. The molecule has 6 nitrogen and oxygen atoms in total. The molecule has 4 aromatic rings. The summed E-state index contributed by atoms with van der Waals surface area (Å²) in [7, 11) is 1.17. The van der Waals surface area contributed by atoms with E-state index in [0.29, 0.717) is 0 Å². The van der Waals surface area contributed by atoms with Gasteiger partial charge in [0.1, 0.15) is 17.1 Å². The lowest BCUT2D eigenvalue weighted by Gasteiger charge is -2.15. The summed E-state index contributed by atoms with van der Waals surface area (Å²) in [5.74, 6) is -3.14. The molecule has 3 aromatic carbocycles. The Morgan fingerprint density at radius 3 is 2.36 bits per heavy atom. The number of hydrogen-bond acceptors (Lipinski definition) is 6. The minimum absolute atomic E-state index is 0.0277. The topological polar surface area (TPSA) is 75.0 Å². The first-order chi connectivity index (χ1) is 15.7. The Kier molecular flexibility index (Phi) is 5.71. The highest BCUT2D eigenvalue weighted by Gasteiger charge is 2.40. The molecule has 1 atom stereocenters. The number of methoxy groups -OCH3 is 1. The Morgan fingerprint density at radius 1 is 0.970 bits per heavy atom. The molecule has 0 bridgehead atoms. The van der Waals surface area contributed by atoms with Crippen molar-refractivity contribution >= 4 is 27.7 Å². The number of carbonyl (C=O) groups excluding carboxylic acids is 1. The van der Waals surface area contributed by atoms with Gasteiger partial charge in [0, 0.05) is 6.07 Å². The third-order valence-corrected chi connectivity index (χ3v) is 4.87. The predicted octanol–water partition coefficient (Wildman–Crippen LogP) is 5.70. The van der Waals surface area contributed by atoms with Crippen molar-refractivity contribution < 1.29 is 36.6 Å². The van der Waals surface area contributed by atoms with Gasteiger partial charge in [-0.15, -0.1) is 0 Å². The highest BCUT2D eigenvalue weighted by Crippen LogP contribution is 2.39. The van der Waals surface area contributed by atoms with Crippen LogP contribution in [0.5, 0.6) is 17.2 Å².